The van der Waals surface area contributed by atoms with Gasteiger partial charge in [-0.1, -0.05) is 54.6 Å². The zero-order valence-electron chi connectivity index (χ0n) is 16.5. The summed E-state index contributed by atoms with van der Waals surface area (Å²) in [6, 6.07) is 23.2. The molecule has 28 heavy (non-hydrogen) atoms. The molecule has 0 amide bonds. The van der Waals surface area contributed by atoms with Gasteiger partial charge in [0.1, 0.15) is 0 Å². The number of hydrogen-bond donors (Lipinski definition) is 1. The van der Waals surface area contributed by atoms with E-state index < -0.39 is 7.94 Å². The molecule has 5 heteroatoms. The van der Waals surface area contributed by atoms with E-state index in [9.17, 15) is 5.11 Å². The smallest absolute Gasteiger partial charge is 0.392 e. The highest BCUT2D eigenvalue weighted by Gasteiger charge is 2.50. The summed E-state index contributed by atoms with van der Waals surface area (Å²) < 4.78 is 19.2. The summed E-state index contributed by atoms with van der Waals surface area (Å²) in [6.45, 7) is 5.82. The molecule has 0 fully saturated rings. The van der Waals surface area contributed by atoms with Gasteiger partial charge in [-0.3, -0.25) is 13.6 Å². The van der Waals surface area contributed by atoms with Crippen molar-refractivity contribution in [3.8, 4) is 17.2 Å². The van der Waals surface area contributed by atoms with Crippen molar-refractivity contribution in [2.45, 2.75) is 20.8 Å². The van der Waals surface area contributed by atoms with Crippen molar-refractivity contribution in [2.24, 2.45) is 0 Å². The molecule has 0 unspecified atom stereocenters. The Bertz CT molecular complexity index is 810. The summed E-state index contributed by atoms with van der Waals surface area (Å²) in [5.74, 6) is 2.06. The second kappa shape index (κ2) is 9.09. The van der Waals surface area contributed by atoms with Crippen LogP contribution in [0.3, 0.4) is 0 Å². The second-order valence-corrected chi connectivity index (χ2v) is 8.85. The lowest BCUT2D eigenvalue weighted by molar-refractivity contribution is 0.292. The Kier molecular flexibility index (Phi) is 6.56. The van der Waals surface area contributed by atoms with E-state index in [2.05, 4.69) is 0 Å². The maximum atomic E-state index is 9.83. The summed E-state index contributed by atoms with van der Waals surface area (Å²) in [4.78, 5) is 0. The molecule has 0 aromatic heterocycles. The third-order valence-electron chi connectivity index (χ3n) is 4.37. The Balaban J connectivity index is 2.04. The van der Waals surface area contributed by atoms with Gasteiger partial charge in [-0.05, 0) is 55.7 Å². The average molecular weight is 397 g/mol. The normalized spacial score (nSPS) is 11.1. The lowest BCUT2D eigenvalue weighted by Crippen LogP contribution is -2.21. The third kappa shape index (κ3) is 4.83. The van der Waals surface area contributed by atoms with Crippen LogP contribution >= 0.6 is 7.94 Å². The molecule has 0 aliphatic rings. The van der Waals surface area contributed by atoms with Gasteiger partial charge in [0.25, 0.3) is 0 Å². The molecule has 0 heterocycles. The van der Waals surface area contributed by atoms with Crippen molar-refractivity contribution in [3.63, 3.8) is 0 Å². The quantitative estimate of drug-likeness (QED) is 0.481. The van der Waals surface area contributed by atoms with E-state index in [4.69, 9.17) is 13.6 Å². The number of benzene rings is 3. The van der Waals surface area contributed by atoms with Crippen molar-refractivity contribution >= 4 is 7.94 Å². The van der Waals surface area contributed by atoms with Gasteiger partial charge in [0, 0.05) is 0 Å². The first-order valence-electron chi connectivity index (χ1n) is 9.27. The van der Waals surface area contributed by atoms with Crippen molar-refractivity contribution in [1.82, 2.24) is 0 Å². The van der Waals surface area contributed by atoms with Gasteiger partial charge in [-0.25, -0.2) is 0 Å². The molecule has 146 valence electrons. The van der Waals surface area contributed by atoms with Crippen molar-refractivity contribution in [3.05, 3.63) is 89.5 Å². The summed E-state index contributed by atoms with van der Waals surface area (Å²) in [6.07, 6.45) is 0.240. The number of para-hydroxylation sites is 3. The molecule has 0 saturated heterocycles. The fraction of sp³-hybridized carbons (Fsp3) is 0.217. The van der Waals surface area contributed by atoms with Crippen LogP contribution in [-0.4, -0.2) is 17.9 Å². The van der Waals surface area contributed by atoms with Gasteiger partial charge in [0.2, 0.25) is 0 Å². The predicted octanol–water partition coefficient (Wildman–Crippen LogP) is 5.90. The highest BCUT2D eigenvalue weighted by molar-refractivity contribution is 7.62. The van der Waals surface area contributed by atoms with Crippen LogP contribution in [-0.2, 0) is 0 Å². The molecule has 3 aromatic carbocycles. The van der Waals surface area contributed by atoms with Crippen LogP contribution in [0.2, 0.25) is 0 Å². The third-order valence-corrected chi connectivity index (χ3v) is 6.54. The van der Waals surface area contributed by atoms with Crippen molar-refractivity contribution < 1.29 is 18.7 Å². The average Bonchev–Trinajstić information content (AvgIpc) is 2.68. The predicted molar refractivity (Wildman–Crippen MR) is 114 cm³/mol. The summed E-state index contributed by atoms with van der Waals surface area (Å²) in [7, 11) is -2.99. The minimum Gasteiger partial charge on any atom is -0.392 e. The van der Waals surface area contributed by atoms with E-state index in [1.807, 2.05) is 93.6 Å². The lowest BCUT2D eigenvalue weighted by atomic mass is 10.2. The van der Waals surface area contributed by atoms with Crippen LogP contribution in [0.25, 0.3) is 0 Å². The first kappa shape index (κ1) is 20.2. The molecule has 0 radical (unpaired) electrons. The Labute approximate surface area is 167 Å². The van der Waals surface area contributed by atoms with Crippen LogP contribution in [0, 0.1) is 20.8 Å². The minimum absolute atomic E-state index is 0.114. The van der Waals surface area contributed by atoms with Gasteiger partial charge in [0.15, 0.2) is 23.4 Å². The Hall–Kier alpha value is -2.55. The molecular formula is C23H26O4P+. The molecular weight excluding hydrogens is 371 g/mol. The van der Waals surface area contributed by atoms with Gasteiger partial charge in [-0.2, -0.15) is 0 Å². The molecule has 0 aliphatic carbocycles. The molecule has 3 rings (SSSR count). The lowest BCUT2D eigenvalue weighted by Gasteiger charge is -2.24. The largest absolute Gasteiger partial charge is 0.544 e. The van der Waals surface area contributed by atoms with Crippen LogP contribution in [0.5, 0.6) is 17.2 Å². The number of hydrogen-bond acceptors (Lipinski definition) is 4. The highest BCUT2D eigenvalue weighted by atomic mass is 31.2. The number of rotatable bonds is 8. The van der Waals surface area contributed by atoms with Crippen molar-refractivity contribution in [1.29, 1.82) is 0 Å². The number of aliphatic hydroxyl groups is 1. The maximum Gasteiger partial charge on any atom is 0.544 e. The highest BCUT2D eigenvalue weighted by Crippen LogP contribution is 2.61. The Morgan fingerprint density at radius 1 is 0.607 bits per heavy atom. The maximum absolute atomic E-state index is 9.83. The minimum atomic E-state index is -2.99. The molecule has 1 N–H and O–H groups in total. The van der Waals surface area contributed by atoms with E-state index >= 15 is 0 Å². The summed E-state index contributed by atoms with van der Waals surface area (Å²) in [5, 5.41) is 9.83. The van der Waals surface area contributed by atoms with Gasteiger partial charge in [-0.15, -0.1) is 0 Å². The van der Waals surface area contributed by atoms with Crippen LogP contribution < -0.4 is 13.6 Å². The fourth-order valence-corrected chi connectivity index (χ4v) is 4.89. The zero-order chi connectivity index (χ0) is 20.0. The van der Waals surface area contributed by atoms with E-state index in [0.717, 1.165) is 16.7 Å². The molecule has 3 aromatic rings. The summed E-state index contributed by atoms with van der Waals surface area (Å²) >= 11 is 0. The van der Waals surface area contributed by atoms with Gasteiger partial charge in [0.05, 0.1) is 6.61 Å². The number of aryl methyl sites for hydroxylation is 3. The van der Waals surface area contributed by atoms with Gasteiger partial charge < -0.3 is 5.11 Å². The molecule has 4 nitrogen and oxygen atoms in total. The first-order valence-corrected chi connectivity index (χ1v) is 11.0. The summed E-state index contributed by atoms with van der Waals surface area (Å²) in [5.41, 5.74) is 2.93. The molecule has 0 spiro atoms. The standard InChI is InChI=1S/C23H26O4P/c1-18-10-4-7-13-21(18)25-28(17-16-24,26-22-14-8-5-11-19(22)2)27-23-15-9-6-12-20(23)3/h4-15,24H,16-17H2,1-3H3/q+1. The van der Waals surface area contributed by atoms with Crippen molar-refractivity contribution in [2.75, 3.05) is 12.8 Å². The topological polar surface area (TPSA) is 47.9 Å². The van der Waals surface area contributed by atoms with Crippen LogP contribution in [0.15, 0.2) is 72.8 Å². The van der Waals surface area contributed by atoms with Crippen LogP contribution in [0.4, 0.5) is 0 Å². The fourth-order valence-electron chi connectivity index (χ4n) is 2.74. The van der Waals surface area contributed by atoms with E-state index in [1.165, 1.54) is 0 Å². The molecule has 0 atom stereocenters. The second-order valence-electron chi connectivity index (χ2n) is 6.63. The SMILES string of the molecule is Cc1ccccc1O[P+](CCO)(Oc1ccccc1C)Oc1ccccc1C. The number of aliphatic hydroxyl groups excluding tert-OH is 1. The molecule has 0 bridgehead atoms. The molecule has 0 aliphatic heterocycles. The first-order chi connectivity index (χ1) is 13.5. The zero-order valence-corrected chi connectivity index (χ0v) is 17.4. The van der Waals surface area contributed by atoms with E-state index in [0.29, 0.717) is 17.2 Å². The molecule has 0 saturated carbocycles. The Morgan fingerprint density at radius 3 is 1.21 bits per heavy atom. The van der Waals surface area contributed by atoms with Gasteiger partial charge >= 0.3 is 7.94 Å². The van der Waals surface area contributed by atoms with E-state index in [-0.39, 0.29) is 12.8 Å². The monoisotopic (exact) mass is 397 g/mol. The van der Waals surface area contributed by atoms with E-state index in [1.54, 1.807) is 0 Å². The van der Waals surface area contributed by atoms with Crippen LogP contribution in [0.1, 0.15) is 16.7 Å². The Morgan fingerprint density at radius 2 is 0.929 bits per heavy atom.